The second-order valence-electron chi connectivity index (χ2n) is 4.24. The molecule has 1 nitrogen and oxygen atoms in total. The van der Waals surface area contributed by atoms with Crippen LogP contribution in [0, 0.1) is 0 Å². The Morgan fingerprint density at radius 1 is 1.19 bits per heavy atom. The van der Waals surface area contributed by atoms with E-state index in [0.717, 1.165) is 13.0 Å². The van der Waals surface area contributed by atoms with Gasteiger partial charge in [0.15, 0.2) is 0 Å². The molecule has 0 fully saturated rings. The summed E-state index contributed by atoms with van der Waals surface area (Å²) in [6.07, 6.45) is 5.92. The van der Waals surface area contributed by atoms with E-state index >= 15 is 0 Å². The molecular weight excluding hydrogens is 214 g/mol. The van der Waals surface area contributed by atoms with Crippen LogP contribution in [0.25, 0.3) is 0 Å². The first-order chi connectivity index (χ1) is 7.83. The van der Waals surface area contributed by atoms with E-state index in [4.69, 9.17) is 0 Å². The van der Waals surface area contributed by atoms with E-state index in [0.29, 0.717) is 6.04 Å². The van der Waals surface area contributed by atoms with Gasteiger partial charge in [-0.05, 0) is 50.3 Å². The molecule has 0 saturated carbocycles. The summed E-state index contributed by atoms with van der Waals surface area (Å²) in [7, 11) is 0. The molecule has 0 aromatic heterocycles. The summed E-state index contributed by atoms with van der Waals surface area (Å²) >= 11 is 1.94. The normalized spacial score (nSPS) is 12.6. The lowest BCUT2D eigenvalue weighted by atomic mass is 10.1. The molecule has 0 heterocycles. The Morgan fingerprint density at radius 2 is 1.94 bits per heavy atom. The van der Waals surface area contributed by atoms with E-state index in [1.54, 1.807) is 0 Å². The van der Waals surface area contributed by atoms with Gasteiger partial charge in [0.2, 0.25) is 0 Å². The maximum Gasteiger partial charge on any atom is 0.00791 e. The van der Waals surface area contributed by atoms with E-state index < -0.39 is 0 Å². The minimum absolute atomic E-state index is 0.580. The van der Waals surface area contributed by atoms with Crippen LogP contribution in [-0.4, -0.2) is 24.6 Å². The number of thioether (sulfide) groups is 1. The Morgan fingerprint density at radius 3 is 2.62 bits per heavy atom. The molecule has 1 unspecified atom stereocenters. The Kier molecular flexibility index (Phi) is 7.35. The van der Waals surface area contributed by atoms with E-state index in [2.05, 4.69) is 48.8 Å². The molecule has 0 aliphatic carbocycles. The second-order valence-corrected chi connectivity index (χ2v) is 5.23. The third-order valence-electron chi connectivity index (χ3n) is 2.65. The first kappa shape index (κ1) is 13.6. The third-order valence-corrected chi connectivity index (χ3v) is 3.35. The summed E-state index contributed by atoms with van der Waals surface area (Å²) in [5.74, 6) is 1.29. The van der Waals surface area contributed by atoms with Gasteiger partial charge < -0.3 is 5.32 Å². The van der Waals surface area contributed by atoms with Gasteiger partial charge >= 0.3 is 0 Å². The molecule has 90 valence electrons. The van der Waals surface area contributed by atoms with E-state index in [1.165, 1.54) is 24.2 Å². The van der Waals surface area contributed by atoms with Crippen molar-refractivity contribution in [2.24, 2.45) is 0 Å². The van der Waals surface area contributed by atoms with Gasteiger partial charge in [0.1, 0.15) is 0 Å². The molecule has 1 aromatic rings. The fourth-order valence-electron chi connectivity index (χ4n) is 1.76. The highest BCUT2D eigenvalue weighted by Crippen LogP contribution is 2.03. The monoisotopic (exact) mass is 237 g/mol. The van der Waals surface area contributed by atoms with E-state index in [1.807, 2.05) is 11.8 Å². The van der Waals surface area contributed by atoms with Crippen LogP contribution in [0.4, 0.5) is 0 Å². The highest BCUT2D eigenvalue weighted by Gasteiger charge is 2.01. The van der Waals surface area contributed by atoms with Crippen LogP contribution in [0.15, 0.2) is 30.3 Å². The number of hydrogen-bond donors (Lipinski definition) is 1. The van der Waals surface area contributed by atoms with Gasteiger partial charge in [-0.3, -0.25) is 0 Å². The summed E-state index contributed by atoms with van der Waals surface area (Å²) in [6, 6.07) is 11.3. The minimum atomic E-state index is 0.580. The van der Waals surface area contributed by atoms with Gasteiger partial charge in [-0.2, -0.15) is 11.8 Å². The van der Waals surface area contributed by atoms with Crippen molar-refractivity contribution in [3.05, 3.63) is 35.9 Å². The molecule has 0 amide bonds. The predicted molar refractivity (Wildman–Crippen MR) is 75.2 cm³/mol. The zero-order valence-corrected chi connectivity index (χ0v) is 11.2. The molecule has 16 heavy (non-hydrogen) atoms. The molecule has 0 saturated heterocycles. The van der Waals surface area contributed by atoms with Crippen molar-refractivity contribution in [1.29, 1.82) is 0 Å². The summed E-state index contributed by atoms with van der Waals surface area (Å²) < 4.78 is 0. The summed E-state index contributed by atoms with van der Waals surface area (Å²) in [5.41, 5.74) is 1.42. The summed E-state index contributed by atoms with van der Waals surface area (Å²) in [4.78, 5) is 0. The molecule has 2 heteroatoms. The van der Waals surface area contributed by atoms with Crippen LogP contribution in [0.5, 0.6) is 0 Å². The Hall–Kier alpha value is -0.470. The molecular formula is C14H23NS. The van der Waals surface area contributed by atoms with Gasteiger partial charge in [0.05, 0.1) is 0 Å². The Labute approximate surface area is 104 Å². The van der Waals surface area contributed by atoms with Gasteiger partial charge in [0.25, 0.3) is 0 Å². The van der Waals surface area contributed by atoms with Crippen LogP contribution in [-0.2, 0) is 6.42 Å². The Balaban J connectivity index is 2.09. The maximum atomic E-state index is 3.58. The average Bonchev–Trinajstić information content (AvgIpc) is 2.30. The molecule has 0 aliphatic heterocycles. The minimum Gasteiger partial charge on any atom is -0.314 e. The van der Waals surface area contributed by atoms with Crippen molar-refractivity contribution in [2.45, 2.75) is 32.2 Å². The third kappa shape index (κ3) is 6.19. The second kappa shape index (κ2) is 8.66. The smallest absolute Gasteiger partial charge is 0.00791 e. The lowest BCUT2D eigenvalue weighted by Crippen LogP contribution is -2.29. The first-order valence-electron chi connectivity index (χ1n) is 6.09. The molecule has 1 rings (SSSR count). The number of hydrogen-bond acceptors (Lipinski definition) is 2. The fourth-order valence-corrected chi connectivity index (χ4v) is 2.25. The molecule has 0 aliphatic rings. The van der Waals surface area contributed by atoms with Gasteiger partial charge in [0, 0.05) is 6.04 Å². The van der Waals surface area contributed by atoms with Gasteiger partial charge in [-0.25, -0.2) is 0 Å². The van der Waals surface area contributed by atoms with Crippen LogP contribution >= 0.6 is 11.8 Å². The highest BCUT2D eigenvalue weighted by atomic mass is 32.2. The van der Waals surface area contributed by atoms with Crippen molar-refractivity contribution in [2.75, 3.05) is 18.6 Å². The zero-order chi connectivity index (χ0) is 11.6. The number of benzene rings is 1. The van der Waals surface area contributed by atoms with Gasteiger partial charge in [-0.15, -0.1) is 0 Å². The largest absolute Gasteiger partial charge is 0.314 e. The number of unbranched alkanes of at least 4 members (excludes halogenated alkanes) is 1. The standard InChI is InChI=1S/C14H23NS/c1-13(15-10-6-7-11-16-2)12-14-8-4-3-5-9-14/h3-5,8-9,13,15H,6-7,10-12H2,1-2H3. The number of rotatable bonds is 8. The van der Waals surface area contributed by atoms with Crippen molar-refractivity contribution < 1.29 is 0 Å². The lowest BCUT2D eigenvalue weighted by Gasteiger charge is -2.13. The molecule has 0 spiro atoms. The molecule has 1 aromatic carbocycles. The quantitative estimate of drug-likeness (QED) is 0.696. The van der Waals surface area contributed by atoms with Crippen molar-refractivity contribution in [3.8, 4) is 0 Å². The van der Waals surface area contributed by atoms with Crippen LogP contribution < -0.4 is 5.32 Å². The highest BCUT2D eigenvalue weighted by molar-refractivity contribution is 7.98. The van der Waals surface area contributed by atoms with Crippen molar-refractivity contribution >= 4 is 11.8 Å². The van der Waals surface area contributed by atoms with Gasteiger partial charge in [-0.1, -0.05) is 30.3 Å². The average molecular weight is 237 g/mol. The van der Waals surface area contributed by atoms with Crippen LogP contribution in [0.1, 0.15) is 25.3 Å². The fraction of sp³-hybridized carbons (Fsp3) is 0.571. The predicted octanol–water partition coefficient (Wildman–Crippen LogP) is 3.35. The summed E-state index contributed by atoms with van der Waals surface area (Å²) in [5, 5.41) is 3.58. The molecule has 0 radical (unpaired) electrons. The number of nitrogens with one attached hydrogen (secondary N) is 1. The maximum absolute atomic E-state index is 3.58. The van der Waals surface area contributed by atoms with E-state index in [9.17, 15) is 0 Å². The molecule has 1 atom stereocenters. The lowest BCUT2D eigenvalue weighted by molar-refractivity contribution is 0.532. The SMILES string of the molecule is CSCCCCNC(C)Cc1ccccc1. The van der Waals surface area contributed by atoms with Crippen LogP contribution in [0.3, 0.4) is 0 Å². The molecule has 1 N–H and O–H groups in total. The van der Waals surface area contributed by atoms with Crippen LogP contribution in [0.2, 0.25) is 0 Å². The Bertz CT molecular complexity index is 261. The zero-order valence-electron chi connectivity index (χ0n) is 10.4. The van der Waals surface area contributed by atoms with Crippen molar-refractivity contribution in [3.63, 3.8) is 0 Å². The topological polar surface area (TPSA) is 12.0 Å². The van der Waals surface area contributed by atoms with Crippen molar-refractivity contribution in [1.82, 2.24) is 5.32 Å². The van der Waals surface area contributed by atoms with E-state index in [-0.39, 0.29) is 0 Å². The molecule has 0 bridgehead atoms. The summed E-state index contributed by atoms with van der Waals surface area (Å²) in [6.45, 7) is 3.41. The first-order valence-corrected chi connectivity index (χ1v) is 7.48.